The molecular weight excluding hydrogens is 362 g/mol. The van der Waals surface area contributed by atoms with Gasteiger partial charge in [-0.05, 0) is 42.1 Å². The zero-order valence-corrected chi connectivity index (χ0v) is 16.0. The molecule has 4 aromatic rings. The zero-order chi connectivity index (χ0) is 17.9. The van der Waals surface area contributed by atoms with Gasteiger partial charge < -0.3 is 9.88 Å². The van der Waals surface area contributed by atoms with Gasteiger partial charge in [-0.2, -0.15) is 0 Å². The van der Waals surface area contributed by atoms with Crippen LogP contribution in [0.2, 0.25) is 0 Å². The van der Waals surface area contributed by atoms with Gasteiger partial charge in [0.15, 0.2) is 0 Å². The van der Waals surface area contributed by atoms with Crippen LogP contribution in [0.25, 0.3) is 15.9 Å². The number of aromatic nitrogens is 2. The summed E-state index contributed by atoms with van der Waals surface area (Å²) in [7, 11) is 0. The molecule has 0 unspecified atom stereocenters. The Morgan fingerprint density at radius 1 is 1.23 bits per heavy atom. The van der Waals surface area contributed by atoms with E-state index in [0.717, 1.165) is 28.7 Å². The van der Waals surface area contributed by atoms with Crippen molar-refractivity contribution in [2.24, 2.45) is 0 Å². The van der Waals surface area contributed by atoms with E-state index in [2.05, 4.69) is 28.7 Å². The molecule has 4 aromatic heterocycles. The second-order valence-corrected chi connectivity index (χ2v) is 8.03. The van der Waals surface area contributed by atoms with Crippen LogP contribution in [-0.4, -0.2) is 15.5 Å². The second-order valence-electron chi connectivity index (χ2n) is 6.06. The molecule has 0 aromatic carbocycles. The zero-order valence-electron chi connectivity index (χ0n) is 14.4. The summed E-state index contributed by atoms with van der Waals surface area (Å²) in [5.74, 6) is -0.0384. The number of nitrogens with zero attached hydrogens (tertiary/aromatic N) is 2. The van der Waals surface area contributed by atoms with E-state index < -0.39 is 0 Å². The maximum atomic E-state index is 13.2. The maximum Gasteiger partial charge on any atom is 0.264 e. The Balaban J connectivity index is 1.74. The molecule has 0 aliphatic heterocycles. The van der Waals surface area contributed by atoms with Gasteiger partial charge in [-0.25, -0.2) is 4.98 Å². The van der Waals surface area contributed by atoms with E-state index >= 15 is 0 Å². The summed E-state index contributed by atoms with van der Waals surface area (Å²) in [6, 6.07) is 12.0. The van der Waals surface area contributed by atoms with Gasteiger partial charge in [0, 0.05) is 28.9 Å². The van der Waals surface area contributed by atoms with Crippen molar-refractivity contribution in [3.63, 3.8) is 0 Å². The Kier molecular flexibility index (Phi) is 4.86. The van der Waals surface area contributed by atoms with E-state index in [9.17, 15) is 4.79 Å². The highest BCUT2D eigenvalue weighted by Crippen LogP contribution is 2.34. The van der Waals surface area contributed by atoms with Crippen LogP contribution < -0.4 is 5.32 Å². The number of hydrogen-bond donors (Lipinski definition) is 1. The summed E-state index contributed by atoms with van der Waals surface area (Å²) < 4.78 is 2.00. The molecule has 0 bridgehead atoms. The summed E-state index contributed by atoms with van der Waals surface area (Å²) >= 11 is 3.13. The lowest BCUT2D eigenvalue weighted by Crippen LogP contribution is -2.28. The molecule has 0 spiro atoms. The van der Waals surface area contributed by atoms with Crippen LogP contribution in [0, 0.1) is 0 Å². The molecule has 0 aliphatic carbocycles. The van der Waals surface area contributed by atoms with Crippen molar-refractivity contribution in [3.05, 3.63) is 70.1 Å². The number of fused-ring (bicyclic) bond motifs is 1. The van der Waals surface area contributed by atoms with E-state index in [0.29, 0.717) is 4.88 Å². The fourth-order valence-electron chi connectivity index (χ4n) is 3.10. The lowest BCUT2D eigenvalue weighted by atomic mass is 10.1. The van der Waals surface area contributed by atoms with E-state index in [1.807, 2.05) is 47.3 Å². The number of amides is 1. The van der Waals surface area contributed by atoms with Crippen LogP contribution in [0.1, 0.15) is 40.4 Å². The van der Waals surface area contributed by atoms with Gasteiger partial charge in [0.05, 0.1) is 11.7 Å². The molecular formula is C20H19N3OS2. The third kappa shape index (κ3) is 3.18. The van der Waals surface area contributed by atoms with Gasteiger partial charge in [-0.3, -0.25) is 4.79 Å². The molecule has 4 heterocycles. The largest absolute Gasteiger partial charge is 0.344 e. The Hall–Kier alpha value is -2.44. The van der Waals surface area contributed by atoms with Gasteiger partial charge in [-0.1, -0.05) is 19.4 Å². The minimum atomic E-state index is -0.0384. The van der Waals surface area contributed by atoms with Crippen molar-refractivity contribution in [1.29, 1.82) is 0 Å². The summed E-state index contributed by atoms with van der Waals surface area (Å²) in [4.78, 5) is 20.4. The first-order chi connectivity index (χ1) is 12.8. The van der Waals surface area contributed by atoms with Gasteiger partial charge in [0.2, 0.25) is 0 Å². The first-order valence-corrected chi connectivity index (χ1v) is 10.3. The fourth-order valence-corrected chi connectivity index (χ4v) is 4.96. The maximum absolute atomic E-state index is 13.2. The van der Waals surface area contributed by atoms with E-state index in [4.69, 9.17) is 0 Å². The molecule has 0 fully saturated rings. The molecule has 4 rings (SSSR count). The number of hydrogen-bond acceptors (Lipinski definition) is 4. The van der Waals surface area contributed by atoms with Crippen molar-refractivity contribution >= 4 is 38.8 Å². The average molecular weight is 382 g/mol. The van der Waals surface area contributed by atoms with E-state index in [1.54, 1.807) is 17.5 Å². The monoisotopic (exact) mass is 381 g/mol. The minimum absolute atomic E-state index is 0.0384. The highest BCUT2D eigenvalue weighted by molar-refractivity contribution is 7.21. The molecule has 26 heavy (non-hydrogen) atoms. The minimum Gasteiger partial charge on any atom is -0.344 e. The first kappa shape index (κ1) is 17.0. The molecule has 0 aliphatic rings. The number of nitrogens with one attached hydrogen (secondary N) is 1. The fraction of sp³-hybridized carbons (Fsp3) is 0.200. The second kappa shape index (κ2) is 7.43. The summed E-state index contributed by atoms with van der Waals surface area (Å²) in [5.41, 5.74) is 0.905. The van der Waals surface area contributed by atoms with Gasteiger partial charge in [0.1, 0.15) is 9.71 Å². The van der Waals surface area contributed by atoms with Crippen LogP contribution in [0.4, 0.5) is 0 Å². The Morgan fingerprint density at radius 3 is 2.81 bits per heavy atom. The highest BCUT2D eigenvalue weighted by Gasteiger charge is 2.23. The number of pyridine rings is 1. The van der Waals surface area contributed by atoms with E-state index in [-0.39, 0.29) is 11.9 Å². The van der Waals surface area contributed by atoms with Crippen molar-refractivity contribution in [1.82, 2.24) is 14.9 Å². The standard InChI is InChI=1S/C20H19N3OS2/c1-2-7-15(16-9-6-13-25-16)22-19(24)18-17(23-11-3-4-12-23)14-8-5-10-21-20(14)26-18/h3-6,8-13,15H,2,7H2,1H3,(H,22,24)/t15-/m1/s1. The normalized spacial score (nSPS) is 12.3. The van der Waals surface area contributed by atoms with Gasteiger partial charge in [-0.15, -0.1) is 22.7 Å². The Bertz CT molecular complexity index is 1000. The summed E-state index contributed by atoms with van der Waals surface area (Å²) in [6.45, 7) is 2.14. The summed E-state index contributed by atoms with van der Waals surface area (Å²) in [6.07, 6.45) is 7.64. The molecule has 1 amide bonds. The van der Waals surface area contributed by atoms with Crippen LogP contribution in [0.3, 0.4) is 0 Å². The van der Waals surface area contributed by atoms with Gasteiger partial charge >= 0.3 is 0 Å². The Morgan fingerprint density at radius 2 is 2.08 bits per heavy atom. The number of rotatable bonds is 6. The predicted molar refractivity (Wildman–Crippen MR) is 108 cm³/mol. The first-order valence-electron chi connectivity index (χ1n) is 8.63. The van der Waals surface area contributed by atoms with Crippen molar-refractivity contribution in [3.8, 4) is 5.69 Å². The SMILES string of the molecule is CCC[C@@H](NC(=O)c1sc2ncccc2c1-n1cccc1)c1cccs1. The number of thiophene rings is 2. The third-order valence-electron chi connectivity index (χ3n) is 4.28. The summed E-state index contributed by atoms with van der Waals surface area (Å²) in [5, 5.41) is 6.30. The number of carbonyl (C=O) groups excluding carboxylic acids is 1. The average Bonchev–Trinajstić information content (AvgIpc) is 3.40. The van der Waals surface area contributed by atoms with Crippen molar-refractivity contribution in [2.75, 3.05) is 0 Å². The van der Waals surface area contributed by atoms with Crippen molar-refractivity contribution in [2.45, 2.75) is 25.8 Å². The topological polar surface area (TPSA) is 46.9 Å². The molecule has 0 saturated carbocycles. The van der Waals surface area contributed by atoms with Gasteiger partial charge in [0.25, 0.3) is 5.91 Å². The predicted octanol–water partition coefficient (Wildman–Crippen LogP) is 5.42. The molecule has 0 radical (unpaired) electrons. The van der Waals surface area contributed by atoms with Crippen molar-refractivity contribution < 1.29 is 4.79 Å². The molecule has 4 nitrogen and oxygen atoms in total. The lowest BCUT2D eigenvalue weighted by Gasteiger charge is -2.17. The van der Waals surface area contributed by atoms with Crippen LogP contribution in [-0.2, 0) is 0 Å². The van der Waals surface area contributed by atoms with Crippen LogP contribution in [0.5, 0.6) is 0 Å². The highest BCUT2D eigenvalue weighted by atomic mass is 32.1. The van der Waals surface area contributed by atoms with E-state index in [1.165, 1.54) is 16.2 Å². The smallest absolute Gasteiger partial charge is 0.264 e. The number of carbonyl (C=O) groups is 1. The molecule has 6 heteroatoms. The Labute approximate surface area is 160 Å². The molecule has 1 N–H and O–H groups in total. The van der Waals surface area contributed by atoms with Crippen LogP contribution in [0.15, 0.2) is 60.4 Å². The van der Waals surface area contributed by atoms with Crippen LogP contribution >= 0.6 is 22.7 Å². The lowest BCUT2D eigenvalue weighted by molar-refractivity contribution is 0.0939. The third-order valence-corrected chi connectivity index (χ3v) is 6.37. The molecule has 0 saturated heterocycles. The quantitative estimate of drug-likeness (QED) is 0.485. The molecule has 132 valence electrons. The molecule has 1 atom stereocenters.